The van der Waals surface area contributed by atoms with E-state index in [1.807, 2.05) is 47.0 Å². The Morgan fingerprint density at radius 1 is 1.21 bits per heavy atom. The zero-order chi connectivity index (χ0) is 20.2. The van der Waals surface area contributed by atoms with Gasteiger partial charge in [0.25, 0.3) is 5.91 Å². The summed E-state index contributed by atoms with van der Waals surface area (Å²) in [6.45, 7) is 2.63. The Balaban J connectivity index is 1.40. The molecular weight excluding hydrogens is 366 g/mol. The van der Waals surface area contributed by atoms with E-state index >= 15 is 0 Å². The average Bonchev–Trinajstić information content (AvgIpc) is 3.44. The maximum absolute atomic E-state index is 13.2. The SMILES string of the molecule is Cn1ccnc1C1CNCCN1C(=O)c1ccc(CNC(=O)C2CCCC2)cc1. The molecular formula is C22H29N5O2. The minimum Gasteiger partial charge on any atom is -0.352 e. The normalized spacial score (nSPS) is 20.0. The monoisotopic (exact) mass is 395 g/mol. The highest BCUT2D eigenvalue weighted by Gasteiger charge is 2.31. The molecule has 2 aliphatic rings. The summed E-state index contributed by atoms with van der Waals surface area (Å²) in [6.07, 6.45) is 7.98. The second-order valence-corrected chi connectivity index (χ2v) is 8.01. The molecule has 2 heterocycles. The minimum atomic E-state index is -0.0818. The molecule has 1 aliphatic carbocycles. The number of rotatable bonds is 5. The molecule has 0 bridgehead atoms. The van der Waals surface area contributed by atoms with Crippen molar-refractivity contribution in [3.8, 4) is 0 Å². The molecule has 0 radical (unpaired) electrons. The molecule has 2 N–H and O–H groups in total. The van der Waals surface area contributed by atoms with Gasteiger partial charge in [0.1, 0.15) is 11.9 Å². The van der Waals surface area contributed by atoms with Crippen LogP contribution in [0.15, 0.2) is 36.7 Å². The highest BCUT2D eigenvalue weighted by molar-refractivity contribution is 5.94. The topological polar surface area (TPSA) is 79.3 Å². The van der Waals surface area contributed by atoms with Gasteiger partial charge in [-0.05, 0) is 30.5 Å². The summed E-state index contributed by atoms with van der Waals surface area (Å²) in [5.74, 6) is 1.23. The molecule has 1 aromatic carbocycles. The molecule has 2 fully saturated rings. The van der Waals surface area contributed by atoms with Crippen LogP contribution in [0, 0.1) is 5.92 Å². The summed E-state index contributed by atoms with van der Waals surface area (Å²) in [5, 5.41) is 6.39. The van der Waals surface area contributed by atoms with Gasteiger partial charge < -0.3 is 20.1 Å². The average molecular weight is 396 g/mol. The van der Waals surface area contributed by atoms with Crippen molar-refractivity contribution in [2.45, 2.75) is 38.3 Å². The molecule has 1 atom stereocenters. The van der Waals surface area contributed by atoms with E-state index < -0.39 is 0 Å². The van der Waals surface area contributed by atoms with E-state index in [0.717, 1.165) is 43.6 Å². The Bertz CT molecular complexity index is 854. The number of piperazine rings is 1. The van der Waals surface area contributed by atoms with Gasteiger partial charge in [-0.2, -0.15) is 0 Å². The number of carbonyl (C=O) groups is 2. The van der Waals surface area contributed by atoms with Crippen LogP contribution >= 0.6 is 0 Å². The molecule has 7 nitrogen and oxygen atoms in total. The smallest absolute Gasteiger partial charge is 0.254 e. The predicted octanol–water partition coefficient (Wildman–Crippen LogP) is 2.01. The summed E-state index contributed by atoms with van der Waals surface area (Å²) in [5.41, 5.74) is 1.67. The van der Waals surface area contributed by atoms with Crippen LogP contribution in [0.3, 0.4) is 0 Å². The van der Waals surface area contributed by atoms with Gasteiger partial charge in [-0.3, -0.25) is 9.59 Å². The van der Waals surface area contributed by atoms with Gasteiger partial charge in [-0.15, -0.1) is 0 Å². The third kappa shape index (κ3) is 4.34. The first-order valence-corrected chi connectivity index (χ1v) is 10.5. The summed E-state index contributed by atoms with van der Waals surface area (Å²) in [6, 6.07) is 7.50. The maximum Gasteiger partial charge on any atom is 0.254 e. The van der Waals surface area contributed by atoms with E-state index in [1.54, 1.807) is 6.20 Å². The first-order valence-electron chi connectivity index (χ1n) is 10.5. The van der Waals surface area contributed by atoms with Crippen molar-refractivity contribution in [2.75, 3.05) is 19.6 Å². The van der Waals surface area contributed by atoms with Crippen LogP contribution in [0.1, 0.15) is 53.5 Å². The lowest BCUT2D eigenvalue weighted by Gasteiger charge is -2.35. The molecule has 1 saturated heterocycles. The molecule has 1 saturated carbocycles. The Morgan fingerprint density at radius 2 is 1.97 bits per heavy atom. The molecule has 2 aromatic rings. The van der Waals surface area contributed by atoms with Gasteiger partial charge in [0.05, 0.1) is 0 Å². The van der Waals surface area contributed by atoms with Gasteiger partial charge in [-0.1, -0.05) is 25.0 Å². The molecule has 7 heteroatoms. The number of amides is 2. The fraction of sp³-hybridized carbons (Fsp3) is 0.500. The lowest BCUT2D eigenvalue weighted by atomic mass is 10.1. The molecule has 1 aliphatic heterocycles. The van der Waals surface area contributed by atoms with E-state index in [2.05, 4.69) is 15.6 Å². The van der Waals surface area contributed by atoms with Gasteiger partial charge in [-0.25, -0.2) is 4.98 Å². The molecule has 154 valence electrons. The van der Waals surface area contributed by atoms with Gasteiger partial charge >= 0.3 is 0 Å². The first-order chi connectivity index (χ1) is 14.1. The third-order valence-electron chi connectivity index (χ3n) is 6.05. The number of nitrogens with one attached hydrogen (secondary N) is 2. The van der Waals surface area contributed by atoms with Crippen molar-refractivity contribution in [3.63, 3.8) is 0 Å². The summed E-state index contributed by atoms with van der Waals surface area (Å²) in [4.78, 5) is 31.7. The van der Waals surface area contributed by atoms with Crippen LogP contribution in [0.2, 0.25) is 0 Å². The standard InChI is InChI=1S/C22H29N5O2/c1-26-12-11-24-20(26)19-15-23-10-13-27(19)22(29)18-8-6-16(7-9-18)14-25-21(28)17-4-2-3-5-17/h6-9,11-12,17,19,23H,2-5,10,13-15H2,1H3,(H,25,28). The summed E-state index contributed by atoms with van der Waals surface area (Å²) >= 11 is 0. The van der Waals surface area contributed by atoms with Crippen LogP contribution in [0.4, 0.5) is 0 Å². The van der Waals surface area contributed by atoms with Crippen molar-refractivity contribution >= 4 is 11.8 Å². The van der Waals surface area contributed by atoms with Crippen LogP contribution < -0.4 is 10.6 Å². The van der Waals surface area contributed by atoms with Gasteiger partial charge in [0.2, 0.25) is 5.91 Å². The quantitative estimate of drug-likeness (QED) is 0.812. The van der Waals surface area contributed by atoms with Crippen molar-refractivity contribution in [1.29, 1.82) is 0 Å². The zero-order valence-electron chi connectivity index (χ0n) is 16.9. The van der Waals surface area contributed by atoms with E-state index in [-0.39, 0.29) is 23.8 Å². The van der Waals surface area contributed by atoms with Gasteiger partial charge in [0.15, 0.2) is 0 Å². The van der Waals surface area contributed by atoms with Crippen LogP contribution in [0.25, 0.3) is 0 Å². The highest BCUT2D eigenvalue weighted by atomic mass is 16.2. The number of carbonyl (C=O) groups excluding carboxylic acids is 2. The maximum atomic E-state index is 13.2. The number of benzene rings is 1. The second-order valence-electron chi connectivity index (χ2n) is 8.01. The molecule has 1 unspecified atom stereocenters. The van der Waals surface area contributed by atoms with Crippen LogP contribution in [-0.4, -0.2) is 45.9 Å². The van der Waals surface area contributed by atoms with Gasteiger partial charge in [0, 0.05) is 57.1 Å². The van der Waals surface area contributed by atoms with Crippen LogP contribution in [0.5, 0.6) is 0 Å². The largest absolute Gasteiger partial charge is 0.352 e. The van der Waals surface area contributed by atoms with E-state index in [0.29, 0.717) is 25.2 Å². The van der Waals surface area contributed by atoms with Crippen LogP contribution in [-0.2, 0) is 18.4 Å². The predicted molar refractivity (Wildman–Crippen MR) is 110 cm³/mol. The first kappa shape index (κ1) is 19.6. The molecule has 0 spiro atoms. The molecule has 1 aromatic heterocycles. The van der Waals surface area contributed by atoms with Crippen molar-refractivity contribution in [3.05, 3.63) is 53.6 Å². The van der Waals surface area contributed by atoms with Crippen molar-refractivity contribution in [2.24, 2.45) is 13.0 Å². The number of aromatic nitrogens is 2. The van der Waals surface area contributed by atoms with E-state index in [9.17, 15) is 9.59 Å². The molecule has 4 rings (SSSR count). The Kier molecular flexibility index (Phi) is 5.94. The van der Waals surface area contributed by atoms with Crippen molar-refractivity contribution in [1.82, 2.24) is 25.1 Å². The van der Waals surface area contributed by atoms with E-state index in [1.165, 1.54) is 0 Å². The number of imidazole rings is 1. The number of nitrogens with zero attached hydrogens (tertiary/aromatic N) is 3. The Labute approximate surface area is 171 Å². The Morgan fingerprint density at radius 3 is 2.66 bits per heavy atom. The van der Waals surface area contributed by atoms with Crippen molar-refractivity contribution < 1.29 is 9.59 Å². The fourth-order valence-corrected chi connectivity index (χ4v) is 4.33. The molecule has 2 amide bonds. The summed E-state index contributed by atoms with van der Waals surface area (Å²) in [7, 11) is 1.95. The lowest BCUT2D eigenvalue weighted by Crippen LogP contribution is -2.49. The molecule has 29 heavy (non-hydrogen) atoms. The minimum absolute atomic E-state index is 0.0149. The number of aryl methyl sites for hydroxylation is 1. The van der Waals surface area contributed by atoms with E-state index in [4.69, 9.17) is 0 Å². The fourth-order valence-electron chi connectivity index (χ4n) is 4.33. The highest BCUT2D eigenvalue weighted by Crippen LogP contribution is 2.25. The number of hydrogen-bond donors (Lipinski definition) is 2. The summed E-state index contributed by atoms with van der Waals surface area (Å²) < 4.78 is 1.97. The Hall–Kier alpha value is -2.67. The second kappa shape index (κ2) is 8.78. The zero-order valence-corrected chi connectivity index (χ0v) is 16.9. The number of hydrogen-bond acceptors (Lipinski definition) is 4. The third-order valence-corrected chi connectivity index (χ3v) is 6.05. The lowest BCUT2D eigenvalue weighted by molar-refractivity contribution is -0.124.